The zero-order chi connectivity index (χ0) is 15.0. The molecule has 0 saturated heterocycles. The van der Waals surface area contributed by atoms with E-state index in [1.165, 1.54) is 0 Å². The predicted octanol–water partition coefficient (Wildman–Crippen LogP) is 5.34. The third-order valence-corrected chi connectivity index (χ3v) is 4.17. The molecule has 1 nitrogen and oxygen atoms in total. The molecule has 0 bridgehead atoms. The molecular weight excluding hydrogens is 280 g/mol. The number of rotatable bonds is 2. The first-order chi connectivity index (χ1) is 10.1. The molecule has 0 atom stereocenters. The molecule has 0 saturated carbocycles. The largest absolute Gasteiger partial charge is 0.289 e. The molecule has 3 aromatic carbocycles. The molecule has 3 aromatic rings. The SMILES string of the molecule is Cc1cc(Cl)c(C(=O)c2cccc3ccccc23)cc1C. The van der Waals surface area contributed by atoms with Crippen LogP contribution >= 0.6 is 11.6 Å². The first-order valence-electron chi connectivity index (χ1n) is 6.87. The highest BCUT2D eigenvalue weighted by Gasteiger charge is 2.16. The molecule has 104 valence electrons. The molecule has 0 N–H and O–H groups in total. The molecule has 0 aromatic heterocycles. The fourth-order valence-electron chi connectivity index (χ4n) is 2.52. The molecule has 0 heterocycles. The minimum atomic E-state index is -0.0279. The molecule has 0 aliphatic rings. The third-order valence-electron chi connectivity index (χ3n) is 3.86. The van der Waals surface area contributed by atoms with Gasteiger partial charge < -0.3 is 0 Å². The number of hydrogen-bond acceptors (Lipinski definition) is 1. The summed E-state index contributed by atoms with van der Waals surface area (Å²) in [4.78, 5) is 12.9. The van der Waals surface area contributed by atoms with Crippen molar-refractivity contribution >= 4 is 28.2 Å². The van der Waals surface area contributed by atoms with Gasteiger partial charge in [0, 0.05) is 11.1 Å². The maximum absolute atomic E-state index is 12.9. The Kier molecular flexibility index (Phi) is 3.52. The van der Waals surface area contributed by atoms with Crippen molar-refractivity contribution in [3.63, 3.8) is 0 Å². The van der Waals surface area contributed by atoms with Crippen molar-refractivity contribution in [1.29, 1.82) is 0 Å². The van der Waals surface area contributed by atoms with E-state index in [4.69, 9.17) is 11.6 Å². The molecule has 2 heteroatoms. The molecule has 0 fully saturated rings. The average molecular weight is 295 g/mol. The first-order valence-corrected chi connectivity index (χ1v) is 7.25. The van der Waals surface area contributed by atoms with Crippen LogP contribution in [0.15, 0.2) is 54.6 Å². The van der Waals surface area contributed by atoms with E-state index >= 15 is 0 Å². The van der Waals surface area contributed by atoms with E-state index in [0.29, 0.717) is 16.1 Å². The molecule has 0 radical (unpaired) electrons. The summed E-state index contributed by atoms with van der Waals surface area (Å²) in [5, 5.41) is 2.53. The number of carbonyl (C=O) groups is 1. The third kappa shape index (κ3) is 2.45. The van der Waals surface area contributed by atoms with Gasteiger partial charge in [-0.15, -0.1) is 0 Å². The van der Waals surface area contributed by atoms with Crippen molar-refractivity contribution in [2.75, 3.05) is 0 Å². The van der Waals surface area contributed by atoms with Crippen LogP contribution in [0.25, 0.3) is 10.8 Å². The van der Waals surface area contributed by atoms with Crippen LogP contribution in [0.2, 0.25) is 5.02 Å². The van der Waals surface area contributed by atoms with Crippen LogP contribution in [0, 0.1) is 13.8 Å². The molecule has 3 rings (SSSR count). The second-order valence-corrected chi connectivity index (χ2v) is 5.68. The van der Waals surface area contributed by atoms with Crippen LogP contribution in [0.3, 0.4) is 0 Å². The van der Waals surface area contributed by atoms with Gasteiger partial charge >= 0.3 is 0 Å². The fraction of sp³-hybridized carbons (Fsp3) is 0.105. The predicted molar refractivity (Wildman–Crippen MR) is 88.3 cm³/mol. The lowest BCUT2D eigenvalue weighted by Gasteiger charge is -2.10. The maximum atomic E-state index is 12.9. The first kappa shape index (κ1) is 13.8. The Hall–Kier alpha value is -2.12. The topological polar surface area (TPSA) is 17.1 Å². The lowest BCUT2D eigenvalue weighted by molar-refractivity contribution is 0.104. The summed E-state index contributed by atoms with van der Waals surface area (Å²) in [5.74, 6) is -0.0279. The fourth-order valence-corrected chi connectivity index (χ4v) is 2.83. The van der Waals surface area contributed by atoms with Gasteiger partial charge in [-0.1, -0.05) is 54.1 Å². The molecular formula is C19H15ClO. The van der Waals surface area contributed by atoms with Gasteiger partial charge in [-0.25, -0.2) is 0 Å². The van der Waals surface area contributed by atoms with E-state index in [1.807, 2.05) is 68.4 Å². The van der Waals surface area contributed by atoms with Crippen LogP contribution in [0.1, 0.15) is 27.0 Å². The number of fused-ring (bicyclic) bond motifs is 1. The molecule has 21 heavy (non-hydrogen) atoms. The smallest absolute Gasteiger partial charge is 0.195 e. The highest BCUT2D eigenvalue weighted by Crippen LogP contribution is 2.27. The van der Waals surface area contributed by atoms with E-state index in [-0.39, 0.29) is 5.78 Å². The molecule has 0 unspecified atom stereocenters. The number of aryl methyl sites for hydroxylation is 2. The Morgan fingerprint density at radius 2 is 1.52 bits per heavy atom. The lowest BCUT2D eigenvalue weighted by Crippen LogP contribution is -2.04. The molecule has 0 spiro atoms. The average Bonchev–Trinajstić information content (AvgIpc) is 2.49. The van der Waals surface area contributed by atoms with Crippen LogP contribution in [-0.2, 0) is 0 Å². The summed E-state index contributed by atoms with van der Waals surface area (Å²) in [6, 6.07) is 17.4. The van der Waals surface area contributed by atoms with Crippen molar-refractivity contribution < 1.29 is 4.79 Å². The van der Waals surface area contributed by atoms with Crippen LogP contribution in [-0.4, -0.2) is 5.78 Å². The maximum Gasteiger partial charge on any atom is 0.195 e. The summed E-state index contributed by atoms with van der Waals surface area (Å²) >= 11 is 6.28. The van der Waals surface area contributed by atoms with Crippen molar-refractivity contribution in [2.45, 2.75) is 13.8 Å². The van der Waals surface area contributed by atoms with E-state index in [2.05, 4.69) is 0 Å². The summed E-state index contributed by atoms with van der Waals surface area (Å²) in [5.41, 5.74) is 3.42. The normalized spacial score (nSPS) is 10.8. The van der Waals surface area contributed by atoms with E-state index in [0.717, 1.165) is 21.9 Å². The van der Waals surface area contributed by atoms with E-state index in [9.17, 15) is 4.79 Å². The van der Waals surface area contributed by atoms with Gasteiger partial charge in [0.25, 0.3) is 0 Å². The molecule has 0 aliphatic heterocycles. The minimum absolute atomic E-state index is 0.0279. The number of hydrogen-bond donors (Lipinski definition) is 0. The Balaban J connectivity index is 2.20. The summed E-state index contributed by atoms with van der Waals surface area (Å²) in [6.45, 7) is 3.99. The van der Waals surface area contributed by atoms with Gasteiger partial charge in [-0.2, -0.15) is 0 Å². The van der Waals surface area contributed by atoms with Gasteiger partial charge in [-0.05, 0) is 47.9 Å². The van der Waals surface area contributed by atoms with Crippen molar-refractivity contribution in [2.24, 2.45) is 0 Å². The number of carbonyl (C=O) groups excluding carboxylic acids is 1. The Morgan fingerprint density at radius 3 is 2.33 bits per heavy atom. The van der Waals surface area contributed by atoms with Crippen molar-refractivity contribution in [1.82, 2.24) is 0 Å². The number of benzene rings is 3. The summed E-state index contributed by atoms with van der Waals surface area (Å²) < 4.78 is 0. The zero-order valence-electron chi connectivity index (χ0n) is 12.0. The van der Waals surface area contributed by atoms with Gasteiger partial charge in [0.1, 0.15) is 0 Å². The summed E-state index contributed by atoms with van der Waals surface area (Å²) in [6.07, 6.45) is 0. The Morgan fingerprint density at radius 1 is 0.857 bits per heavy atom. The van der Waals surface area contributed by atoms with E-state index < -0.39 is 0 Å². The highest BCUT2D eigenvalue weighted by molar-refractivity contribution is 6.35. The quantitative estimate of drug-likeness (QED) is 0.583. The van der Waals surface area contributed by atoms with Gasteiger partial charge in [-0.3, -0.25) is 4.79 Å². The zero-order valence-corrected chi connectivity index (χ0v) is 12.7. The lowest BCUT2D eigenvalue weighted by atomic mass is 9.95. The molecule has 0 amide bonds. The van der Waals surface area contributed by atoms with Crippen molar-refractivity contribution in [3.8, 4) is 0 Å². The van der Waals surface area contributed by atoms with Gasteiger partial charge in [0.05, 0.1) is 5.02 Å². The van der Waals surface area contributed by atoms with Crippen molar-refractivity contribution in [3.05, 3.63) is 81.9 Å². The second-order valence-electron chi connectivity index (χ2n) is 5.27. The van der Waals surface area contributed by atoms with Gasteiger partial charge in [0.15, 0.2) is 5.78 Å². The van der Waals surface area contributed by atoms with E-state index in [1.54, 1.807) is 0 Å². The summed E-state index contributed by atoms with van der Waals surface area (Å²) in [7, 11) is 0. The minimum Gasteiger partial charge on any atom is -0.289 e. The highest BCUT2D eigenvalue weighted by atomic mass is 35.5. The van der Waals surface area contributed by atoms with Crippen LogP contribution in [0.4, 0.5) is 0 Å². The Bertz CT molecular complexity index is 844. The van der Waals surface area contributed by atoms with Crippen LogP contribution in [0.5, 0.6) is 0 Å². The Labute approximate surface area is 129 Å². The second kappa shape index (κ2) is 5.34. The number of halogens is 1. The van der Waals surface area contributed by atoms with Crippen LogP contribution < -0.4 is 0 Å². The monoisotopic (exact) mass is 294 g/mol. The van der Waals surface area contributed by atoms with Gasteiger partial charge in [0.2, 0.25) is 0 Å². The number of ketones is 1. The standard InChI is InChI=1S/C19H15ClO/c1-12-10-17(18(20)11-13(12)2)19(21)16-9-5-7-14-6-3-4-8-15(14)16/h3-11H,1-2H3. The molecule has 0 aliphatic carbocycles.